The van der Waals surface area contributed by atoms with Crippen molar-refractivity contribution in [1.29, 1.82) is 0 Å². The van der Waals surface area contributed by atoms with Gasteiger partial charge in [0.2, 0.25) is 5.95 Å². The average Bonchev–Trinajstić information content (AvgIpc) is 1.59. The number of benzene rings is 17. The molecular weight excluding hydrogens is 1610 g/mol. The molecule has 0 radical (unpaired) electrons. The molecule has 0 N–H and O–H groups in total. The van der Waals surface area contributed by atoms with E-state index in [4.69, 9.17) is 29.9 Å². The van der Waals surface area contributed by atoms with Gasteiger partial charge in [0.05, 0.1) is 101 Å². The highest BCUT2D eigenvalue weighted by molar-refractivity contribution is 6.16. The van der Waals surface area contributed by atoms with Crippen molar-refractivity contribution in [2.24, 2.45) is 0 Å². The lowest BCUT2D eigenvalue weighted by Gasteiger charge is -2.11. The van der Waals surface area contributed by atoms with Gasteiger partial charge < -0.3 is 22.8 Å². The van der Waals surface area contributed by atoms with Crippen LogP contribution in [0.1, 0.15) is 0 Å². The minimum atomic E-state index is 0.574. The number of nitrogens with zero attached hydrogens (tertiary/aromatic N) is 12. The number of hydrogen-bond acceptors (Lipinski definition) is 6. The van der Waals surface area contributed by atoms with Crippen LogP contribution in [0.3, 0.4) is 0 Å². The molecule has 0 saturated carbocycles. The van der Waals surface area contributed by atoms with Crippen LogP contribution < -0.4 is 0 Å². The Hall–Kier alpha value is -18.0. The zero-order valence-electron chi connectivity index (χ0n) is 71.4. The maximum absolute atomic E-state index is 5.24. The van der Waals surface area contributed by atoms with E-state index in [0.717, 1.165) is 122 Å². The molecular formula is C120H78N12. The van der Waals surface area contributed by atoms with E-state index < -0.39 is 0 Å². The van der Waals surface area contributed by atoms with Crippen molar-refractivity contribution in [3.63, 3.8) is 0 Å². The summed E-state index contributed by atoms with van der Waals surface area (Å²) in [6, 6.07) is 162. The second-order valence-corrected chi connectivity index (χ2v) is 33.3. The van der Waals surface area contributed by atoms with Gasteiger partial charge in [0.25, 0.3) is 0 Å². The van der Waals surface area contributed by atoms with Crippen molar-refractivity contribution in [1.82, 2.24) is 57.3 Å². The summed E-state index contributed by atoms with van der Waals surface area (Å²) < 4.78 is 13.8. The largest absolute Gasteiger partial charge is 0.309 e. The number of pyridine rings is 3. The first-order chi connectivity index (χ1) is 65.5. The van der Waals surface area contributed by atoms with E-state index in [2.05, 4.69) is 422 Å². The second-order valence-electron chi connectivity index (χ2n) is 33.3. The van der Waals surface area contributed by atoms with Crippen molar-refractivity contribution in [2.45, 2.75) is 0 Å². The third-order valence-corrected chi connectivity index (χ3v) is 25.7. The minimum absolute atomic E-state index is 0.574. The topological polar surface area (TPSA) is 107 Å². The van der Waals surface area contributed by atoms with Gasteiger partial charge in [-0.3, -0.25) is 14.5 Å². The van der Waals surface area contributed by atoms with Crippen LogP contribution in [0.4, 0.5) is 0 Å². The molecule has 12 nitrogen and oxygen atoms in total. The quantitative estimate of drug-likeness (QED) is 0.121. The predicted octanol–water partition coefficient (Wildman–Crippen LogP) is 30.0. The molecule has 0 unspecified atom stereocenters. The van der Waals surface area contributed by atoms with Crippen LogP contribution in [0.2, 0.25) is 0 Å². The molecule has 0 aliphatic heterocycles. The van der Waals surface area contributed by atoms with Gasteiger partial charge in [0.15, 0.2) is 11.6 Å². The van der Waals surface area contributed by atoms with E-state index >= 15 is 0 Å². The van der Waals surface area contributed by atoms with Crippen LogP contribution in [-0.4, -0.2) is 57.3 Å². The Morgan fingerprint density at radius 2 is 0.402 bits per heavy atom. The van der Waals surface area contributed by atoms with Crippen LogP contribution in [0.25, 0.3) is 233 Å². The first kappa shape index (κ1) is 76.4. The maximum atomic E-state index is 5.24. The fourth-order valence-electron chi connectivity index (χ4n) is 19.7. The summed E-state index contributed by atoms with van der Waals surface area (Å²) in [5.74, 6) is 1.83. The normalized spacial score (nSPS) is 11.6. The van der Waals surface area contributed by atoms with E-state index in [-0.39, 0.29) is 0 Å². The average molecular weight is 1690 g/mol. The summed E-state index contributed by atoms with van der Waals surface area (Å²) in [4.78, 5) is 30.4. The van der Waals surface area contributed by atoms with Crippen LogP contribution in [0, 0.1) is 0 Å². The van der Waals surface area contributed by atoms with Gasteiger partial charge in [-0.05, 0) is 169 Å². The Balaban J connectivity index is 0.000000107. The summed E-state index contributed by atoms with van der Waals surface area (Å²) in [6.45, 7) is 0. The molecule has 12 heteroatoms. The zero-order chi connectivity index (χ0) is 87.1. The smallest absolute Gasteiger partial charge is 0.238 e. The maximum Gasteiger partial charge on any atom is 0.238 e. The van der Waals surface area contributed by atoms with Gasteiger partial charge in [0, 0.05) is 116 Å². The lowest BCUT2D eigenvalue weighted by molar-refractivity contribution is 0.953. The molecule has 27 aromatic rings. The molecule has 132 heavy (non-hydrogen) atoms. The molecule has 0 aliphatic rings. The molecule has 0 bridgehead atoms. The van der Waals surface area contributed by atoms with Crippen molar-refractivity contribution < 1.29 is 0 Å². The monoisotopic (exact) mass is 1690 g/mol. The fourth-order valence-corrected chi connectivity index (χ4v) is 19.7. The Labute approximate surface area is 758 Å². The first-order valence-electron chi connectivity index (χ1n) is 44.5. The Kier molecular flexibility index (Phi) is 18.6. The molecule has 10 aromatic heterocycles. The zero-order valence-corrected chi connectivity index (χ0v) is 71.4. The van der Waals surface area contributed by atoms with Crippen molar-refractivity contribution in [3.05, 3.63) is 473 Å². The summed E-state index contributed by atoms with van der Waals surface area (Å²) in [6.07, 6.45) is 4.03. The summed E-state index contributed by atoms with van der Waals surface area (Å²) in [5.41, 5.74) is 30.8. The van der Waals surface area contributed by atoms with Crippen molar-refractivity contribution >= 4 is 131 Å². The number of rotatable bonds is 12. The van der Waals surface area contributed by atoms with Crippen LogP contribution in [0.5, 0.6) is 0 Å². The van der Waals surface area contributed by atoms with Crippen molar-refractivity contribution in [2.75, 3.05) is 0 Å². The fraction of sp³-hybridized carbons (Fsp3) is 0. The standard InChI is InChI=1S/C44H28N6.C41H27N3.C35H23N3/c1-4-14-29(15-5-1)42-46-43(30-16-6-2-7-17-30)48-44(47-42)50-39-23-13-11-20-33(39)35-26-31(24-25-40(35)50)37-27-36-34-21-10-12-22-38(34)49(41(36)28-45-37)32-18-8-3-9-19-32;1-3-11-28(12-4-1)29-19-22-32(23-20-29)43-38-17-9-7-15-33(38)35-25-30(21-24-40(35)43)37-26-36-34-16-8-10-18-39(34)44(41(36)27-42-37)31-13-5-2-6-14-31;1-3-11-25(12-4-1)37-31-17-9-7-15-27(31)29-23-24(19-21-33(29)37)30-20-22-34-35(36-30)28-16-8-10-18-32(28)38(34)26-13-5-2-6-14-26/h1-28H;1-27H;1-23H. The van der Waals surface area contributed by atoms with Gasteiger partial charge >= 0.3 is 0 Å². The van der Waals surface area contributed by atoms with E-state index in [0.29, 0.717) is 17.6 Å². The third kappa shape index (κ3) is 13.1. The number of fused-ring (bicyclic) bond motifs is 18. The highest BCUT2D eigenvalue weighted by atomic mass is 15.2. The molecule has 618 valence electrons. The van der Waals surface area contributed by atoms with Gasteiger partial charge in [-0.2, -0.15) is 9.97 Å². The number of hydrogen-bond donors (Lipinski definition) is 0. The summed E-state index contributed by atoms with van der Waals surface area (Å²) >= 11 is 0. The minimum Gasteiger partial charge on any atom is -0.309 e. The Morgan fingerprint density at radius 3 is 0.788 bits per heavy atom. The van der Waals surface area contributed by atoms with Crippen LogP contribution in [0.15, 0.2) is 473 Å². The molecule has 0 spiro atoms. The highest BCUT2D eigenvalue weighted by Gasteiger charge is 2.24. The van der Waals surface area contributed by atoms with E-state index in [9.17, 15) is 0 Å². The number of para-hydroxylation sites is 10. The number of aromatic nitrogens is 12. The van der Waals surface area contributed by atoms with Gasteiger partial charge in [0.1, 0.15) is 0 Å². The van der Waals surface area contributed by atoms with Crippen LogP contribution in [-0.2, 0) is 0 Å². The second kappa shape index (κ2) is 32.1. The van der Waals surface area contributed by atoms with E-state index in [1.165, 1.54) is 93.0 Å². The Morgan fingerprint density at radius 1 is 0.144 bits per heavy atom. The SMILES string of the molecule is c1ccc(-c2ccc(-n3c4ccccc4c4cc(-c5cc6c7ccccc7n(-c7ccccc7)c6cn5)ccc43)cc2)cc1.c1ccc(-c2nc(-c3ccccc3)nc(-n3c4ccccc4c4cc(-c5cc6c7ccccc7n(-c7ccccc7)c6cn5)ccc43)n2)cc1.c1ccc(-n2c3ccccc3c3cc(-c4ccc5c(n4)c4ccccc4n5-c4ccccc4)ccc32)cc1. The third-order valence-electron chi connectivity index (χ3n) is 25.7. The molecule has 0 saturated heterocycles. The van der Waals surface area contributed by atoms with Gasteiger partial charge in [-0.1, -0.05) is 303 Å². The molecule has 0 atom stereocenters. The summed E-state index contributed by atoms with van der Waals surface area (Å²) in [5, 5.41) is 13.1. The molecule has 0 amide bonds. The summed E-state index contributed by atoms with van der Waals surface area (Å²) in [7, 11) is 0. The lowest BCUT2D eigenvalue weighted by atomic mass is 10.0. The highest BCUT2D eigenvalue weighted by Crippen LogP contribution is 2.44. The molecule has 0 aliphatic carbocycles. The molecule has 27 rings (SSSR count). The van der Waals surface area contributed by atoms with Crippen molar-refractivity contribution in [3.8, 4) is 102 Å². The lowest BCUT2D eigenvalue weighted by Crippen LogP contribution is -2.06. The Bertz CT molecular complexity index is 8900. The molecule has 0 fully saturated rings. The van der Waals surface area contributed by atoms with Gasteiger partial charge in [-0.15, -0.1) is 0 Å². The molecule has 10 heterocycles. The molecule has 17 aromatic carbocycles. The van der Waals surface area contributed by atoms with Gasteiger partial charge in [-0.25, -0.2) is 9.97 Å². The van der Waals surface area contributed by atoms with E-state index in [1.807, 2.05) is 79.1 Å². The van der Waals surface area contributed by atoms with Crippen LogP contribution >= 0.6 is 0 Å². The first-order valence-corrected chi connectivity index (χ1v) is 44.5. The predicted molar refractivity (Wildman–Crippen MR) is 545 cm³/mol. The van der Waals surface area contributed by atoms with E-state index in [1.54, 1.807) is 0 Å².